The van der Waals surface area contributed by atoms with Gasteiger partial charge in [-0.3, -0.25) is 14.5 Å². The maximum atomic E-state index is 12.5. The van der Waals surface area contributed by atoms with E-state index in [9.17, 15) is 9.59 Å². The smallest absolute Gasteiger partial charge is 0.237 e. The molecule has 0 aromatic heterocycles. The van der Waals surface area contributed by atoms with Crippen LogP contribution in [0.4, 0.5) is 0 Å². The summed E-state index contributed by atoms with van der Waals surface area (Å²) >= 11 is 0. The van der Waals surface area contributed by atoms with Crippen molar-refractivity contribution >= 4 is 11.8 Å². The Bertz CT molecular complexity index is 609. The molecule has 6 nitrogen and oxygen atoms in total. The number of ether oxygens (including phenoxy) is 1. The molecule has 25 heavy (non-hydrogen) atoms. The van der Waals surface area contributed by atoms with E-state index in [0.717, 1.165) is 25.1 Å². The fourth-order valence-electron chi connectivity index (χ4n) is 3.40. The first-order valence-corrected chi connectivity index (χ1v) is 9.02. The number of hydrogen-bond acceptors (Lipinski definition) is 4. The molecule has 0 saturated carbocycles. The summed E-state index contributed by atoms with van der Waals surface area (Å²) in [6, 6.07) is 7.72. The highest BCUT2D eigenvalue weighted by Gasteiger charge is 2.32. The Labute approximate surface area is 149 Å². The quantitative estimate of drug-likeness (QED) is 0.890. The number of hydrogen-bond donors (Lipinski definition) is 1. The van der Waals surface area contributed by atoms with Gasteiger partial charge in [-0.05, 0) is 26.1 Å². The molecule has 2 aliphatic rings. The van der Waals surface area contributed by atoms with E-state index in [1.54, 1.807) is 0 Å². The number of likely N-dealkylation sites (N-methyl/N-ethyl adjacent to an activating group) is 1. The standard InChI is InChI=1S/C19H27N3O3/c1-14-3-5-15(6-4-14)25-16-7-10-22(11-8-16)18(23)13-17-19(24)20-9-12-21(17)2/h3-6,16-17H,7-13H2,1-2H3,(H,20,24)/t17-/m0/s1. The molecule has 1 N–H and O–H groups in total. The molecule has 136 valence electrons. The van der Waals surface area contributed by atoms with Gasteiger partial charge in [-0.25, -0.2) is 0 Å². The van der Waals surface area contributed by atoms with Crippen LogP contribution in [0.25, 0.3) is 0 Å². The Morgan fingerprint density at radius 2 is 1.88 bits per heavy atom. The summed E-state index contributed by atoms with van der Waals surface area (Å²) in [5, 5.41) is 2.84. The van der Waals surface area contributed by atoms with Crippen molar-refractivity contribution in [2.45, 2.75) is 38.3 Å². The molecular weight excluding hydrogens is 318 g/mol. The first-order chi connectivity index (χ1) is 12.0. The van der Waals surface area contributed by atoms with E-state index in [2.05, 4.69) is 12.2 Å². The third-order valence-corrected chi connectivity index (χ3v) is 5.08. The van der Waals surface area contributed by atoms with Gasteiger partial charge < -0.3 is 15.0 Å². The molecule has 3 rings (SSSR count). The maximum Gasteiger partial charge on any atom is 0.237 e. The van der Waals surface area contributed by atoms with Crippen LogP contribution < -0.4 is 10.1 Å². The zero-order valence-electron chi connectivity index (χ0n) is 15.0. The normalized spacial score (nSPS) is 22.6. The molecule has 6 heteroatoms. The number of benzene rings is 1. The molecule has 2 aliphatic heterocycles. The molecule has 2 amide bonds. The number of piperazine rings is 1. The molecule has 0 aliphatic carbocycles. The molecular formula is C19H27N3O3. The number of piperidine rings is 1. The fourth-order valence-corrected chi connectivity index (χ4v) is 3.40. The molecule has 0 bridgehead atoms. The number of carbonyl (C=O) groups excluding carboxylic acids is 2. The molecule has 2 fully saturated rings. The van der Waals surface area contributed by atoms with Crippen molar-refractivity contribution < 1.29 is 14.3 Å². The number of nitrogens with zero attached hydrogens (tertiary/aromatic N) is 2. The fraction of sp³-hybridized carbons (Fsp3) is 0.579. The molecule has 0 radical (unpaired) electrons. The van der Waals surface area contributed by atoms with Gasteiger partial charge in [-0.1, -0.05) is 17.7 Å². The lowest BCUT2D eigenvalue weighted by atomic mass is 10.0. The van der Waals surface area contributed by atoms with Crippen molar-refractivity contribution in [3.63, 3.8) is 0 Å². The van der Waals surface area contributed by atoms with Crippen molar-refractivity contribution in [1.82, 2.24) is 15.1 Å². The second-order valence-corrected chi connectivity index (χ2v) is 7.00. The van der Waals surface area contributed by atoms with E-state index < -0.39 is 0 Å². The zero-order chi connectivity index (χ0) is 17.8. The lowest BCUT2D eigenvalue weighted by Crippen LogP contribution is -2.55. The molecule has 1 aromatic carbocycles. The van der Waals surface area contributed by atoms with Crippen molar-refractivity contribution in [2.24, 2.45) is 0 Å². The first-order valence-electron chi connectivity index (χ1n) is 9.02. The molecule has 0 unspecified atom stereocenters. The number of likely N-dealkylation sites (tertiary alicyclic amines) is 1. The number of rotatable bonds is 4. The summed E-state index contributed by atoms with van der Waals surface area (Å²) in [7, 11) is 1.90. The molecule has 2 saturated heterocycles. The Balaban J connectivity index is 1.47. The van der Waals surface area contributed by atoms with E-state index >= 15 is 0 Å². The Hall–Kier alpha value is -2.08. The Morgan fingerprint density at radius 1 is 1.20 bits per heavy atom. The van der Waals surface area contributed by atoms with Crippen molar-refractivity contribution in [2.75, 3.05) is 33.2 Å². The maximum absolute atomic E-state index is 12.5. The van der Waals surface area contributed by atoms with Gasteiger partial charge in [0.05, 0.1) is 12.5 Å². The van der Waals surface area contributed by atoms with Gasteiger partial charge in [0.1, 0.15) is 11.9 Å². The van der Waals surface area contributed by atoms with Gasteiger partial charge in [-0.2, -0.15) is 0 Å². The number of aryl methyl sites for hydroxylation is 1. The summed E-state index contributed by atoms with van der Waals surface area (Å²) in [4.78, 5) is 28.3. The topological polar surface area (TPSA) is 61.9 Å². The predicted molar refractivity (Wildman–Crippen MR) is 95.5 cm³/mol. The summed E-state index contributed by atoms with van der Waals surface area (Å²) in [6.45, 7) is 4.87. The van der Waals surface area contributed by atoms with Crippen LogP contribution in [0.5, 0.6) is 5.75 Å². The van der Waals surface area contributed by atoms with Gasteiger partial charge >= 0.3 is 0 Å². The lowest BCUT2D eigenvalue weighted by molar-refractivity contribution is -0.139. The van der Waals surface area contributed by atoms with E-state index in [1.165, 1.54) is 5.56 Å². The van der Waals surface area contributed by atoms with Gasteiger partial charge in [0.15, 0.2) is 0 Å². The van der Waals surface area contributed by atoms with E-state index in [1.807, 2.05) is 41.1 Å². The average Bonchev–Trinajstić information content (AvgIpc) is 2.61. The summed E-state index contributed by atoms with van der Waals surface area (Å²) < 4.78 is 6.01. The largest absolute Gasteiger partial charge is 0.490 e. The highest BCUT2D eigenvalue weighted by atomic mass is 16.5. The van der Waals surface area contributed by atoms with Crippen molar-refractivity contribution in [1.29, 1.82) is 0 Å². The van der Waals surface area contributed by atoms with Crippen LogP contribution >= 0.6 is 0 Å². The van der Waals surface area contributed by atoms with Gasteiger partial charge in [0, 0.05) is 39.0 Å². The molecule has 0 spiro atoms. The van der Waals surface area contributed by atoms with Crippen LogP contribution in [0.2, 0.25) is 0 Å². The SMILES string of the molecule is Cc1ccc(OC2CCN(C(=O)C[C@H]3C(=O)NCCN3C)CC2)cc1. The van der Waals surface area contributed by atoms with E-state index in [4.69, 9.17) is 4.74 Å². The Kier molecular flexibility index (Phi) is 5.58. The third kappa shape index (κ3) is 4.51. The van der Waals surface area contributed by atoms with Gasteiger partial charge in [0.25, 0.3) is 0 Å². The lowest BCUT2D eigenvalue weighted by Gasteiger charge is -2.35. The summed E-state index contributed by atoms with van der Waals surface area (Å²) in [6.07, 6.45) is 2.05. The van der Waals surface area contributed by atoms with Gasteiger partial charge in [0.2, 0.25) is 11.8 Å². The average molecular weight is 345 g/mol. The zero-order valence-corrected chi connectivity index (χ0v) is 15.0. The number of amides is 2. The minimum absolute atomic E-state index is 0.0420. The van der Waals surface area contributed by atoms with E-state index in [-0.39, 0.29) is 30.4 Å². The minimum atomic E-state index is -0.345. The number of nitrogens with one attached hydrogen (secondary N) is 1. The van der Waals surface area contributed by atoms with Crippen LogP contribution in [0.1, 0.15) is 24.8 Å². The van der Waals surface area contributed by atoms with Crippen LogP contribution in [0.15, 0.2) is 24.3 Å². The first kappa shape index (κ1) is 17.7. The highest BCUT2D eigenvalue weighted by Crippen LogP contribution is 2.20. The van der Waals surface area contributed by atoms with Gasteiger partial charge in [-0.15, -0.1) is 0 Å². The molecule has 2 heterocycles. The minimum Gasteiger partial charge on any atom is -0.490 e. The summed E-state index contributed by atoms with van der Waals surface area (Å²) in [5.74, 6) is 0.901. The van der Waals surface area contributed by atoms with Crippen molar-refractivity contribution in [3.8, 4) is 5.75 Å². The van der Waals surface area contributed by atoms with Crippen LogP contribution in [-0.2, 0) is 9.59 Å². The van der Waals surface area contributed by atoms with Crippen LogP contribution in [-0.4, -0.2) is 67.0 Å². The molecule has 1 aromatic rings. The predicted octanol–water partition coefficient (Wildman–Crippen LogP) is 1.19. The highest BCUT2D eigenvalue weighted by molar-refractivity contribution is 5.88. The van der Waals surface area contributed by atoms with E-state index in [0.29, 0.717) is 19.6 Å². The second-order valence-electron chi connectivity index (χ2n) is 7.00. The summed E-state index contributed by atoms with van der Waals surface area (Å²) in [5.41, 5.74) is 1.21. The molecule has 1 atom stereocenters. The second kappa shape index (κ2) is 7.87. The third-order valence-electron chi connectivity index (χ3n) is 5.08. The van der Waals surface area contributed by atoms with Crippen molar-refractivity contribution in [3.05, 3.63) is 29.8 Å². The number of carbonyl (C=O) groups is 2. The van der Waals surface area contributed by atoms with Crippen LogP contribution in [0, 0.1) is 6.92 Å². The van der Waals surface area contributed by atoms with Crippen LogP contribution in [0.3, 0.4) is 0 Å². The monoisotopic (exact) mass is 345 g/mol. The Morgan fingerprint density at radius 3 is 2.52 bits per heavy atom.